The quantitative estimate of drug-likeness (QED) is 0.693. The molecule has 0 aromatic heterocycles. The molecular formula is C11H23NO2Si. The van der Waals surface area contributed by atoms with Crippen LogP contribution >= 0.6 is 0 Å². The van der Waals surface area contributed by atoms with Crippen LogP contribution in [0.2, 0.25) is 5.54 Å². The van der Waals surface area contributed by atoms with Gasteiger partial charge in [-0.25, -0.2) is 0 Å². The molecule has 1 unspecified atom stereocenters. The lowest BCUT2D eigenvalue weighted by atomic mass is 10.2. The first kappa shape index (κ1) is 11.6. The molecule has 0 aromatic rings. The molecule has 0 N–H and O–H groups in total. The summed E-state index contributed by atoms with van der Waals surface area (Å²) in [7, 11) is 1.62. The molecule has 0 radical (unpaired) electrons. The van der Waals surface area contributed by atoms with E-state index in [0.29, 0.717) is 5.54 Å². The van der Waals surface area contributed by atoms with Crippen LogP contribution in [0.5, 0.6) is 0 Å². The van der Waals surface area contributed by atoms with Crippen LogP contribution in [0, 0.1) is 0 Å². The molecule has 1 aliphatic heterocycles. The Labute approximate surface area is 94.1 Å². The molecule has 0 aromatic carbocycles. The van der Waals surface area contributed by atoms with Crippen molar-refractivity contribution in [2.24, 2.45) is 0 Å². The maximum atomic E-state index is 5.83. The van der Waals surface area contributed by atoms with Gasteiger partial charge in [-0.3, -0.25) is 4.57 Å². The summed E-state index contributed by atoms with van der Waals surface area (Å²) in [6.07, 6.45) is 6.69. The lowest BCUT2D eigenvalue weighted by Gasteiger charge is -2.38. The average molecular weight is 229 g/mol. The molecule has 1 atom stereocenters. The van der Waals surface area contributed by atoms with Gasteiger partial charge in [-0.2, -0.15) is 0 Å². The Morgan fingerprint density at radius 2 is 1.67 bits per heavy atom. The molecule has 4 heteroatoms. The SMILES string of the molecule is CO[Si]1(OC)C(C)CCN1C1CCCC1. The minimum Gasteiger partial charge on any atom is -0.386 e. The van der Waals surface area contributed by atoms with Gasteiger partial charge in [-0.1, -0.05) is 19.8 Å². The molecule has 2 aliphatic rings. The van der Waals surface area contributed by atoms with Gasteiger partial charge < -0.3 is 8.85 Å². The van der Waals surface area contributed by atoms with Crippen LogP contribution in [0.4, 0.5) is 0 Å². The van der Waals surface area contributed by atoms with E-state index in [0.717, 1.165) is 6.04 Å². The molecule has 3 nitrogen and oxygen atoms in total. The molecule has 15 heavy (non-hydrogen) atoms. The van der Waals surface area contributed by atoms with Gasteiger partial charge >= 0.3 is 8.72 Å². The van der Waals surface area contributed by atoms with Gasteiger partial charge in [0.25, 0.3) is 0 Å². The van der Waals surface area contributed by atoms with E-state index in [-0.39, 0.29) is 0 Å². The molecule has 0 spiro atoms. The summed E-state index contributed by atoms with van der Waals surface area (Å²) in [6, 6.07) is 0.738. The van der Waals surface area contributed by atoms with Crippen molar-refractivity contribution in [2.75, 3.05) is 20.8 Å². The van der Waals surface area contributed by atoms with E-state index in [1.165, 1.54) is 38.6 Å². The van der Waals surface area contributed by atoms with Gasteiger partial charge in [-0.15, -0.1) is 0 Å². The molecule has 2 rings (SSSR count). The fourth-order valence-electron chi connectivity index (χ4n) is 3.33. The molecule has 2 fully saturated rings. The van der Waals surface area contributed by atoms with Crippen LogP contribution in [-0.4, -0.2) is 40.1 Å². The van der Waals surface area contributed by atoms with Crippen molar-refractivity contribution < 1.29 is 8.85 Å². The summed E-state index contributed by atoms with van der Waals surface area (Å²) < 4.78 is 14.2. The Morgan fingerprint density at radius 1 is 1.07 bits per heavy atom. The zero-order valence-corrected chi connectivity index (χ0v) is 11.2. The fourth-order valence-corrected chi connectivity index (χ4v) is 7.04. The highest BCUT2D eigenvalue weighted by atomic mass is 28.4. The Kier molecular flexibility index (Phi) is 3.50. The Hall–Kier alpha value is 0.0969. The van der Waals surface area contributed by atoms with Gasteiger partial charge in [0.1, 0.15) is 0 Å². The van der Waals surface area contributed by atoms with E-state index in [1.807, 2.05) is 14.2 Å². The monoisotopic (exact) mass is 229 g/mol. The summed E-state index contributed by atoms with van der Waals surface area (Å²) in [6.45, 7) is 3.47. The summed E-state index contributed by atoms with van der Waals surface area (Å²) >= 11 is 0. The first-order valence-electron chi connectivity index (χ1n) is 6.11. The predicted octanol–water partition coefficient (Wildman–Crippen LogP) is 2.26. The van der Waals surface area contributed by atoms with Crippen LogP contribution in [0.15, 0.2) is 0 Å². The minimum atomic E-state index is -2.04. The highest BCUT2D eigenvalue weighted by Crippen LogP contribution is 2.40. The fraction of sp³-hybridized carbons (Fsp3) is 1.00. The Balaban J connectivity index is 2.15. The van der Waals surface area contributed by atoms with Crippen molar-refractivity contribution in [2.45, 2.75) is 50.6 Å². The van der Waals surface area contributed by atoms with E-state index in [2.05, 4.69) is 11.5 Å². The van der Waals surface area contributed by atoms with E-state index in [9.17, 15) is 0 Å². The summed E-state index contributed by atoms with van der Waals surface area (Å²) in [5.74, 6) is 0. The Bertz CT molecular complexity index is 215. The van der Waals surface area contributed by atoms with E-state index >= 15 is 0 Å². The van der Waals surface area contributed by atoms with Crippen molar-refractivity contribution in [3.63, 3.8) is 0 Å². The average Bonchev–Trinajstić information content (AvgIpc) is 2.85. The van der Waals surface area contributed by atoms with Crippen LogP contribution < -0.4 is 0 Å². The van der Waals surface area contributed by atoms with Crippen molar-refractivity contribution >= 4 is 8.72 Å². The predicted molar refractivity (Wildman–Crippen MR) is 62.8 cm³/mol. The number of rotatable bonds is 3. The smallest absolute Gasteiger partial charge is 0.386 e. The minimum absolute atomic E-state index is 0.605. The first-order chi connectivity index (χ1) is 7.24. The van der Waals surface area contributed by atoms with Gasteiger partial charge in [0.15, 0.2) is 0 Å². The molecule has 1 heterocycles. The molecule has 0 bridgehead atoms. The number of nitrogens with zero attached hydrogens (tertiary/aromatic N) is 1. The second-order valence-electron chi connectivity index (χ2n) is 4.86. The van der Waals surface area contributed by atoms with Gasteiger partial charge in [-0.05, 0) is 25.8 Å². The third-order valence-electron chi connectivity index (χ3n) is 4.18. The lowest BCUT2D eigenvalue weighted by Crippen LogP contribution is -2.58. The second kappa shape index (κ2) is 4.53. The highest BCUT2D eigenvalue weighted by molar-refractivity contribution is 6.66. The zero-order chi connectivity index (χ0) is 10.9. The summed E-state index contributed by atoms with van der Waals surface area (Å²) in [5.41, 5.74) is 0.605. The van der Waals surface area contributed by atoms with Gasteiger partial charge in [0, 0.05) is 25.8 Å². The second-order valence-corrected chi connectivity index (χ2v) is 8.50. The van der Waals surface area contributed by atoms with E-state index < -0.39 is 8.72 Å². The number of hydrogen-bond acceptors (Lipinski definition) is 3. The van der Waals surface area contributed by atoms with E-state index in [4.69, 9.17) is 8.85 Å². The largest absolute Gasteiger partial charge is 0.430 e. The van der Waals surface area contributed by atoms with Crippen LogP contribution in [-0.2, 0) is 8.85 Å². The van der Waals surface area contributed by atoms with Crippen molar-refractivity contribution in [1.82, 2.24) is 4.57 Å². The maximum absolute atomic E-state index is 5.83. The third-order valence-corrected chi connectivity index (χ3v) is 8.27. The van der Waals surface area contributed by atoms with Crippen molar-refractivity contribution in [3.8, 4) is 0 Å². The summed E-state index contributed by atoms with van der Waals surface area (Å²) in [4.78, 5) is 0. The van der Waals surface area contributed by atoms with Gasteiger partial charge in [0.2, 0.25) is 0 Å². The number of hydrogen-bond donors (Lipinski definition) is 0. The zero-order valence-electron chi connectivity index (χ0n) is 10.2. The maximum Gasteiger partial charge on any atom is 0.430 e. The Morgan fingerprint density at radius 3 is 2.20 bits per heavy atom. The highest BCUT2D eigenvalue weighted by Gasteiger charge is 2.55. The van der Waals surface area contributed by atoms with Crippen LogP contribution in [0.3, 0.4) is 0 Å². The molecule has 1 saturated heterocycles. The first-order valence-corrected chi connectivity index (χ1v) is 7.95. The van der Waals surface area contributed by atoms with Crippen molar-refractivity contribution in [3.05, 3.63) is 0 Å². The van der Waals surface area contributed by atoms with Crippen LogP contribution in [0.1, 0.15) is 39.0 Å². The topological polar surface area (TPSA) is 21.7 Å². The van der Waals surface area contributed by atoms with Crippen molar-refractivity contribution in [1.29, 1.82) is 0 Å². The normalized spacial score (nSPS) is 32.6. The van der Waals surface area contributed by atoms with Gasteiger partial charge in [0.05, 0.1) is 0 Å². The third kappa shape index (κ3) is 1.77. The molecule has 88 valence electrons. The molecule has 0 amide bonds. The lowest BCUT2D eigenvalue weighted by molar-refractivity contribution is 0.154. The molecular weight excluding hydrogens is 206 g/mol. The molecule has 1 aliphatic carbocycles. The van der Waals surface area contributed by atoms with Crippen LogP contribution in [0.25, 0.3) is 0 Å². The summed E-state index contributed by atoms with van der Waals surface area (Å²) in [5, 5.41) is 0. The molecule has 1 saturated carbocycles. The van der Waals surface area contributed by atoms with E-state index in [1.54, 1.807) is 0 Å². The standard InChI is InChI=1S/C11H23NO2Si/c1-10-8-9-12(11-6-4-5-7-11)15(10,13-2)14-3/h10-11H,4-9H2,1-3H3.